The normalized spacial score (nSPS) is 17.2. The van der Waals surface area contributed by atoms with E-state index in [0.29, 0.717) is 19.1 Å². The first-order valence-electron chi connectivity index (χ1n) is 9.11. The van der Waals surface area contributed by atoms with Gasteiger partial charge in [0.2, 0.25) is 5.91 Å². The minimum atomic E-state index is -0.253. The number of nitrogens with one attached hydrogen (secondary N) is 1. The molecule has 1 fully saturated rings. The first-order valence-corrected chi connectivity index (χ1v) is 9.11. The molecule has 0 bridgehead atoms. The van der Waals surface area contributed by atoms with Crippen molar-refractivity contribution >= 4 is 18.3 Å². The van der Waals surface area contributed by atoms with Crippen LogP contribution in [-0.4, -0.2) is 26.2 Å². The van der Waals surface area contributed by atoms with Gasteiger partial charge in [0.05, 0.1) is 5.41 Å². The van der Waals surface area contributed by atoms with Gasteiger partial charge in [-0.3, -0.25) is 4.79 Å². The molecule has 1 amide bonds. The fourth-order valence-corrected chi connectivity index (χ4v) is 3.58. The van der Waals surface area contributed by atoms with E-state index in [1.807, 2.05) is 0 Å². The molecule has 1 saturated carbocycles. The zero-order chi connectivity index (χ0) is 17.6. The van der Waals surface area contributed by atoms with Gasteiger partial charge < -0.3 is 15.8 Å². The number of amides is 1. The molecule has 1 aliphatic carbocycles. The number of rotatable bonds is 8. The van der Waals surface area contributed by atoms with Gasteiger partial charge in [-0.2, -0.15) is 0 Å². The number of benzene rings is 1. The van der Waals surface area contributed by atoms with Gasteiger partial charge in [0.1, 0.15) is 0 Å². The highest BCUT2D eigenvalue weighted by Gasteiger charge is 2.40. The van der Waals surface area contributed by atoms with E-state index in [1.165, 1.54) is 5.56 Å². The highest BCUT2D eigenvalue weighted by atomic mass is 35.5. The SMILES string of the molecule is COCCC1(C(=O)NCC(N)c2ccc(C(C)C)cc2)CCCC1.Cl. The Labute approximate surface area is 158 Å². The predicted octanol–water partition coefficient (Wildman–Crippen LogP) is 3.94. The van der Waals surface area contributed by atoms with Crippen LogP contribution in [0.4, 0.5) is 0 Å². The second-order valence-electron chi connectivity index (χ2n) is 7.37. The van der Waals surface area contributed by atoms with Gasteiger partial charge in [-0.05, 0) is 36.3 Å². The lowest BCUT2D eigenvalue weighted by Gasteiger charge is -2.28. The Morgan fingerprint density at radius 3 is 2.28 bits per heavy atom. The van der Waals surface area contributed by atoms with E-state index in [-0.39, 0.29) is 29.8 Å². The standard InChI is InChI=1S/C20H32N2O2.ClH/c1-15(2)16-6-8-17(9-7-16)18(21)14-22-19(23)20(12-13-24-3)10-4-5-11-20;/h6-9,15,18H,4-5,10-14,21H2,1-3H3,(H,22,23);1H. The number of carbonyl (C=O) groups is 1. The molecule has 4 nitrogen and oxygen atoms in total. The quantitative estimate of drug-likeness (QED) is 0.730. The number of halogens is 1. The molecule has 2 rings (SSSR count). The van der Waals surface area contributed by atoms with Crippen molar-refractivity contribution in [3.63, 3.8) is 0 Å². The zero-order valence-electron chi connectivity index (χ0n) is 15.7. The molecule has 1 atom stereocenters. The summed E-state index contributed by atoms with van der Waals surface area (Å²) in [6, 6.07) is 8.22. The number of ether oxygens (including phenoxy) is 1. The Kier molecular flexibility index (Phi) is 8.91. The molecule has 0 aromatic heterocycles. The van der Waals surface area contributed by atoms with Crippen LogP contribution in [0.5, 0.6) is 0 Å². The molecule has 1 aromatic rings. The summed E-state index contributed by atoms with van der Waals surface area (Å²) < 4.78 is 5.20. The van der Waals surface area contributed by atoms with Gasteiger partial charge >= 0.3 is 0 Å². The minimum Gasteiger partial charge on any atom is -0.385 e. The van der Waals surface area contributed by atoms with Crippen molar-refractivity contribution in [2.24, 2.45) is 11.1 Å². The summed E-state index contributed by atoms with van der Waals surface area (Å²) >= 11 is 0. The van der Waals surface area contributed by atoms with Crippen LogP contribution in [0.3, 0.4) is 0 Å². The van der Waals surface area contributed by atoms with Crippen LogP contribution >= 0.6 is 12.4 Å². The van der Waals surface area contributed by atoms with Crippen molar-refractivity contribution in [3.05, 3.63) is 35.4 Å². The molecular formula is C20H33ClN2O2. The monoisotopic (exact) mass is 368 g/mol. The highest BCUT2D eigenvalue weighted by molar-refractivity contribution is 5.85. The maximum atomic E-state index is 12.7. The average Bonchev–Trinajstić information content (AvgIpc) is 3.07. The lowest BCUT2D eigenvalue weighted by atomic mass is 9.82. The fraction of sp³-hybridized carbons (Fsp3) is 0.650. The average molecular weight is 369 g/mol. The molecule has 1 aliphatic rings. The number of hydrogen-bond donors (Lipinski definition) is 2. The van der Waals surface area contributed by atoms with Crippen LogP contribution < -0.4 is 11.1 Å². The third kappa shape index (κ3) is 5.70. The van der Waals surface area contributed by atoms with Gasteiger partial charge in [0.25, 0.3) is 0 Å². The maximum Gasteiger partial charge on any atom is 0.226 e. The van der Waals surface area contributed by atoms with Crippen LogP contribution in [0.2, 0.25) is 0 Å². The molecule has 0 radical (unpaired) electrons. The second-order valence-corrected chi connectivity index (χ2v) is 7.37. The molecule has 0 heterocycles. The third-order valence-corrected chi connectivity index (χ3v) is 5.34. The Balaban J connectivity index is 0.00000312. The summed E-state index contributed by atoms with van der Waals surface area (Å²) in [6.45, 7) is 5.47. The topological polar surface area (TPSA) is 64.3 Å². The minimum absolute atomic E-state index is 0. The Morgan fingerprint density at radius 1 is 1.20 bits per heavy atom. The molecule has 25 heavy (non-hydrogen) atoms. The van der Waals surface area contributed by atoms with Crippen LogP contribution in [0.15, 0.2) is 24.3 Å². The molecule has 142 valence electrons. The smallest absolute Gasteiger partial charge is 0.226 e. The van der Waals surface area contributed by atoms with Crippen molar-refractivity contribution in [2.45, 2.75) is 57.9 Å². The lowest BCUT2D eigenvalue weighted by Crippen LogP contribution is -2.42. The summed E-state index contributed by atoms with van der Waals surface area (Å²) in [7, 11) is 1.69. The summed E-state index contributed by atoms with van der Waals surface area (Å²) in [4.78, 5) is 12.7. The lowest BCUT2D eigenvalue weighted by molar-refractivity contribution is -0.132. The first kappa shape index (κ1) is 21.9. The summed E-state index contributed by atoms with van der Waals surface area (Å²) in [5.41, 5.74) is 8.39. The van der Waals surface area contributed by atoms with Crippen LogP contribution in [-0.2, 0) is 9.53 Å². The van der Waals surface area contributed by atoms with Gasteiger partial charge in [-0.25, -0.2) is 0 Å². The number of carbonyl (C=O) groups excluding carboxylic acids is 1. The first-order chi connectivity index (χ1) is 11.5. The van der Waals surface area contributed by atoms with E-state index < -0.39 is 0 Å². The molecule has 0 spiro atoms. The van der Waals surface area contributed by atoms with E-state index in [1.54, 1.807) is 7.11 Å². The Hall–Kier alpha value is -1.10. The summed E-state index contributed by atoms with van der Waals surface area (Å²) in [5, 5.41) is 3.09. The largest absolute Gasteiger partial charge is 0.385 e. The van der Waals surface area contributed by atoms with Gasteiger partial charge in [-0.15, -0.1) is 12.4 Å². The maximum absolute atomic E-state index is 12.7. The van der Waals surface area contributed by atoms with Crippen LogP contribution in [0, 0.1) is 5.41 Å². The molecule has 0 aliphatic heterocycles. The molecule has 3 N–H and O–H groups in total. The molecule has 0 saturated heterocycles. The van der Waals surface area contributed by atoms with Gasteiger partial charge in [0, 0.05) is 26.3 Å². The highest BCUT2D eigenvalue weighted by Crippen LogP contribution is 2.41. The van der Waals surface area contributed by atoms with E-state index in [4.69, 9.17) is 10.5 Å². The van der Waals surface area contributed by atoms with Crippen LogP contribution in [0.25, 0.3) is 0 Å². The molecule has 5 heteroatoms. The van der Waals surface area contributed by atoms with E-state index in [9.17, 15) is 4.79 Å². The Morgan fingerprint density at radius 2 is 1.76 bits per heavy atom. The van der Waals surface area contributed by atoms with E-state index >= 15 is 0 Å². The third-order valence-electron chi connectivity index (χ3n) is 5.34. The summed E-state index contributed by atoms with van der Waals surface area (Å²) in [6.07, 6.45) is 4.97. The molecular weight excluding hydrogens is 336 g/mol. The predicted molar refractivity (Wildman–Crippen MR) is 105 cm³/mol. The van der Waals surface area contributed by atoms with Crippen molar-refractivity contribution in [1.29, 1.82) is 0 Å². The van der Waals surface area contributed by atoms with Gasteiger partial charge in [-0.1, -0.05) is 51.0 Å². The fourth-order valence-electron chi connectivity index (χ4n) is 3.58. The molecule has 1 unspecified atom stereocenters. The summed E-state index contributed by atoms with van der Waals surface area (Å²) in [5.74, 6) is 0.657. The van der Waals surface area contributed by atoms with Crippen molar-refractivity contribution < 1.29 is 9.53 Å². The molecule has 1 aromatic carbocycles. The number of hydrogen-bond acceptors (Lipinski definition) is 3. The van der Waals surface area contributed by atoms with Crippen LogP contribution in [0.1, 0.15) is 69.0 Å². The van der Waals surface area contributed by atoms with E-state index in [0.717, 1.165) is 37.7 Å². The van der Waals surface area contributed by atoms with Crippen molar-refractivity contribution in [1.82, 2.24) is 5.32 Å². The zero-order valence-corrected chi connectivity index (χ0v) is 16.5. The van der Waals surface area contributed by atoms with E-state index in [2.05, 4.69) is 43.4 Å². The number of nitrogens with two attached hydrogens (primary N) is 1. The Bertz CT molecular complexity index is 525. The van der Waals surface area contributed by atoms with Crippen molar-refractivity contribution in [2.75, 3.05) is 20.3 Å². The second kappa shape index (κ2) is 10.1. The number of methoxy groups -OCH3 is 1. The van der Waals surface area contributed by atoms with Crippen molar-refractivity contribution in [3.8, 4) is 0 Å². The van der Waals surface area contributed by atoms with Gasteiger partial charge in [0.15, 0.2) is 0 Å².